The van der Waals surface area contributed by atoms with Gasteiger partial charge in [0.2, 0.25) is 0 Å². The van der Waals surface area contributed by atoms with Gasteiger partial charge in [0.25, 0.3) is 0 Å². The Kier molecular flexibility index (Phi) is 2.66. The van der Waals surface area contributed by atoms with Crippen molar-refractivity contribution in [2.24, 2.45) is 9.98 Å². The monoisotopic (exact) mass is 214 g/mol. The summed E-state index contributed by atoms with van der Waals surface area (Å²) in [7, 11) is 0. The summed E-state index contributed by atoms with van der Waals surface area (Å²) >= 11 is 0. The molecule has 84 valence electrons. The molecule has 0 saturated carbocycles. The van der Waals surface area contributed by atoms with Crippen LogP contribution in [0.25, 0.3) is 0 Å². The van der Waals surface area contributed by atoms with Gasteiger partial charge >= 0.3 is 0 Å². The number of hydrogen-bond acceptors (Lipinski definition) is 2. The van der Waals surface area contributed by atoms with Crippen LogP contribution in [-0.2, 0) is 0 Å². The van der Waals surface area contributed by atoms with Crippen LogP contribution in [0.3, 0.4) is 0 Å². The van der Waals surface area contributed by atoms with E-state index in [-0.39, 0.29) is 0 Å². The van der Waals surface area contributed by atoms with E-state index in [0.29, 0.717) is 0 Å². The molecule has 1 aromatic carbocycles. The van der Waals surface area contributed by atoms with E-state index in [2.05, 4.69) is 43.7 Å². The van der Waals surface area contributed by atoms with Gasteiger partial charge in [0.05, 0.1) is 12.3 Å². The Morgan fingerprint density at radius 2 is 1.62 bits per heavy atom. The van der Waals surface area contributed by atoms with Gasteiger partial charge in [-0.05, 0) is 62.9 Å². The summed E-state index contributed by atoms with van der Waals surface area (Å²) in [6.07, 6.45) is 0. The van der Waals surface area contributed by atoms with E-state index >= 15 is 0 Å². The van der Waals surface area contributed by atoms with Crippen molar-refractivity contribution in [1.29, 1.82) is 0 Å². The number of aliphatic imine (C=N–C) groups is 2. The fraction of sp³-hybridized carbons (Fsp3) is 0.429. The molecule has 0 amide bonds. The zero-order valence-corrected chi connectivity index (χ0v) is 10.7. The van der Waals surface area contributed by atoms with Gasteiger partial charge < -0.3 is 0 Å². The second-order valence-corrected chi connectivity index (χ2v) is 4.54. The van der Waals surface area contributed by atoms with Crippen LogP contribution >= 0.6 is 0 Å². The highest BCUT2D eigenvalue weighted by atomic mass is 15.0. The van der Waals surface area contributed by atoms with Crippen molar-refractivity contribution < 1.29 is 0 Å². The van der Waals surface area contributed by atoms with E-state index in [4.69, 9.17) is 0 Å². The topological polar surface area (TPSA) is 24.7 Å². The van der Waals surface area contributed by atoms with Gasteiger partial charge in [-0.25, -0.2) is 4.99 Å². The van der Waals surface area contributed by atoms with Crippen molar-refractivity contribution in [3.63, 3.8) is 0 Å². The lowest BCUT2D eigenvalue weighted by Gasteiger charge is -2.13. The Balaban J connectivity index is 2.55. The Morgan fingerprint density at radius 3 is 2.19 bits per heavy atom. The Bertz CT molecular complexity index is 508. The molecule has 0 unspecified atom stereocenters. The normalized spacial score (nSPS) is 15.1. The lowest BCUT2D eigenvalue weighted by Crippen LogP contribution is -2.07. The SMILES string of the molecule is CC1=NCC(c2cc(C)c(C)c(C)c2C)=N1. The summed E-state index contributed by atoms with van der Waals surface area (Å²) in [5.74, 6) is 0.894. The summed E-state index contributed by atoms with van der Waals surface area (Å²) in [5.41, 5.74) is 7.82. The van der Waals surface area contributed by atoms with Crippen molar-refractivity contribution in [2.45, 2.75) is 34.6 Å². The largest absolute Gasteiger partial charge is 0.264 e. The molecule has 0 atom stereocenters. The zero-order valence-electron chi connectivity index (χ0n) is 10.7. The van der Waals surface area contributed by atoms with Crippen molar-refractivity contribution in [3.05, 3.63) is 33.9 Å². The van der Waals surface area contributed by atoms with Crippen LogP contribution in [0.1, 0.15) is 34.7 Å². The molecule has 1 aliphatic rings. The summed E-state index contributed by atoms with van der Waals surface area (Å²) in [6, 6.07) is 2.24. The molecule has 0 N–H and O–H groups in total. The van der Waals surface area contributed by atoms with Crippen molar-refractivity contribution in [2.75, 3.05) is 6.54 Å². The molecule has 2 heteroatoms. The fourth-order valence-corrected chi connectivity index (χ4v) is 2.11. The van der Waals surface area contributed by atoms with E-state index in [1.165, 1.54) is 27.8 Å². The van der Waals surface area contributed by atoms with Gasteiger partial charge in [-0.15, -0.1) is 0 Å². The maximum Gasteiger partial charge on any atom is 0.120 e. The average Bonchev–Trinajstić information content (AvgIpc) is 2.67. The van der Waals surface area contributed by atoms with Crippen molar-refractivity contribution in [1.82, 2.24) is 0 Å². The number of nitrogens with zero attached hydrogens (tertiary/aromatic N) is 2. The third-order valence-corrected chi connectivity index (χ3v) is 3.55. The molecule has 0 saturated heterocycles. The first-order valence-electron chi connectivity index (χ1n) is 5.67. The summed E-state index contributed by atoms with van der Waals surface area (Å²) in [4.78, 5) is 8.83. The Morgan fingerprint density at radius 1 is 0.938 bits per heavy atom. The molecule has 0 aliphatic carbocycles. The van der Waals surface area contributed by atoms with Crippen LogP contribution in [0, 0.1) is 27.7 Å². The summed E-state index contributed by atoms with van der Waals surface area (Å²) < 4.78 is 0. The molecular weight excluding hydrogens is 196 g/mol. The summed E-state index contributed by atoms with van der Waals surface area (Å²) in [6.45, 7) is 11.4. The minimum atomic E-state index is 0.731. The molecular formula is C14H18N2. The van der Waals surface area contributed by atoms with Gasteiger partial charge in [0.1, 0.15) is 5.84 Å². The smallest absolute Gasteiger partial charge is 0.120 e. The highest BCUT2D eigenvalue weighted by molar-refractivity contribution is 6.13. The van der Waals surface area contributed by atoms with E-state index < -0.39 is 0 Å². The first-order valence-corrected chi connectivity index (χ1v) is 5.67. The quantitative estimate of drug-likeness (QED) is 0.686. The van der Waals surface area contributed by atoms with Crippen LogP contribution in [0.15, 0.2) is 16.1 Å². The van der Waals surface area contributed by atoms with E-state index in [0.717, 1.165) is 18.1 Å². The van der Waals surface area contributed by atoms with Gasteiger partial charge in [-0.2, -0.15) is 0 Å². The second-order valence-electron chi connectivity index (χ2n) is 4.54. The molecule has 0 aromatic heterocycles. The molecule has 1 aliphatic heterocycles. The fourth-order valence-electron chi connectivity index (χ4n) is 2.11. The molecule has 1 heterocycles. The average molecular weight is 214 g/mol. The van der Waals surface area contributed by atoms with Crippen LogP contribution < -0.4 is 0 Å². The highest BCUT2D eigenvalue weighted by Crippen LogP contribution is 2.22. The molecule has 2 rings (SSSR count). The predicted octanol–water partition coefficient (Wildman–Crippen LogP) is 3.14. The molecule has 0 fully saturated rings. The third kappa shape index (κ3) is 1.69. The first kappa shape index (κ1) is 11.1. The minimum Gasteiger partial charge on any atom is -0.264 e. The van der Waals surface area contributed by atoms with E-state index in [1.54, 1.807) is 0 Å². The van der Waals surface area contributed by atoms with Gasteiger partial charge in [-0.3, -0.25) is 4.99 Å². The maximum atomic E-state index is 4.50. The van der Waals surface area contributed by atoms with E-state index in [9.17, 15) is 0 Å². The standard InChI is InChI=1S/C14H18N2/c1-8-6-13(11(4)10(3)9(8)2)14-7-15-12(5)16-14/h6H,7H2,1-5H3. The molecule has 0 radical (unpaired) electrons. The lowest BCUT2D eigenvalue weighted by atomic mass is 9.92. The number of benzene rings is 1. The number of rotatable bonds is 1. The first-order chi connectivity index (χ1) is 7.50. The molecule has 0 spiro atoms. The Labute approximate surface area is 97.1 Å². The highest BCUT2D eigenvalue weighted by Gasteiger charge is 2.14. The molecule has 2 nitrogen and oxygen atoms in total. The number of aryl methyl sites for hydroxylation is 1. The van der Waals surface area contributed by atoms with Crippen LogP contribution in [-0.4, -0.2) is 18.1 Å². The maximum absolute atomic E-state index is 4.50. The van der Waals surface area contributed by atoms with E-state index in [1.807, 2.05) is 6.92 Å². The zero-order chi connectivity index (χ0) is 11.9. The van der Waals surface area contributed by atoms with Gasteiger partial charge in [0.15, 0.2) is 0 Å². The van der Waals surface area contributed by atoms with Crippen molar-refractivity contribution >= 4 is 11.5 Å². The Hall–Kier alpha value is -1.44. The molecule has 0 bridgehead atoms. The molecule has 16 heavy (non-hydrogen) atoms. The van der Waals surface area contributed by atoms with Crippen LogP contribution in [0.2, 0.25) is 0 Å². The van der Waals surface area contributed by atoms with Crippen molar-refractivity contribution in [3.8, 4) is 0 Å². The lowest BCUT2D eigenvalue weighted by molar-refractivity contribution is 1.20. The molecule has 1 aromatic rings. The second kappa shape index (κ2) is 3.85. The number of amidine groups is 1. The van der Waals surface area contributed by atoms with Gasteiger partial charge in [-0.1, -0.05) is 0 Å². The van der Waals surface area contributed by atoms with Gasteiger partial charge in [0, 0.05) is 5.56 Å². The summed E-state index contributed by atoms with van der Waals surface area (Å²) in [5, 5.41) is 0. The third-order valence-electron chi connectivity index (χ3n) is 3.55. The predicted molar refractivity (Wildman–Crippen MR) is 69.9 cm³/mol. The van der Waals surface area contributed by atoms with Crippen LogP contribution in [0.5, 0.6) is 0 Å². The minimum absolute atomic E-state index is 0.731. The van der Waals surface area contributed by atoms with Crippen LogP contribution in [0.4, 0.5) is 0 Å². The number of hydrogen-bond donors (Lipinski definition) is 0.